The first-order valence-electron chi connectivity index (χ1n) is 6.43. The van der Waals surface area contributed by atoms with Crippen molar-refractivity contribution in [2.24, 2.45) is 0 Å². The zero-order valence-electron chi connectivity index (χ0n) is 11.1. The summed E-state index contributed by atoms with van der Waals surface area (Å²) in [6.45, 7) is 1.06. The number of nitrogens with one attached hydrogen (secondary N) is 1. The van der Waals surface area contributed by atoms with Gasteiger partial charge in [0.1, 0.15) is 13.2 Å². The molecule has 0 aromatic heterocycles. The van der Waals surface area contributed by atoms with Crippen LogP contribution in [-0.2, 0) is 4.79 Å². The first-order chi connectivity index (χ1) is 10.3. The topological polar surface area (TPSA) is 50.8 Å². The summed E-state index contributed by atoms with van der Waals surface area (Å²) in [5.74, 6) is 1.36. The summed E-state index contributed by atoms with van der Waals surface area (Å²) in [5.41, 5.74) is 4.35. The van der Waals surface area contributed by atoms with E-state index in [9.17, 15) is 4.79 Å². The monoisotopic (exact) mass is 304 g/mol. The summed E-state index contributed by atoms with van der Waals surface area (Å²) in [6, 6.07) is 12.4. The normalized spacial score (nSPS) is 12.6. The van der Waals surface area contributed by atoms with Crippen LogP contribution >= 0.6 is 11.6 Å². The van der Waals surface area contributed by atoms with Crippen molar-refractivity contribution >= 4 is 29.4 Å². The highest BCUT2D eigenvalue weighted by atomic mass is 35.5. The van der Waals surface area contributed by atoms with Crippen LogP contribution in [0.15, 0.2) is 42.5 Å². The number of carbonyl (C=O) groups excluding carboxylic acids is 1. The number of hydrogen-bond donors (Lipinski definition) is 1. The molecule has 3 rings (SSSR count). The lowest BCUT2D eigenvalue weighted by Gasteiger charge is -2.22. The Morgan fingerprint density at radius 1 is 1.10 bits per heavy atom. The molecule has 1 aliphatic heterocycles. The average molecular weight is 305 g/mol. The molecule has 1 amide bonds. The predicted octanol–water partition coefficient (Wildman–Crippen LogP) is 3.10. The molecule has 0 unspecified atom stereocenters. The lowest BCUT2D eigenvalue weighted by molar-refractivity contribution is -0.107. The lowest BCUT2D eigenvalue weighted by Crippen LogP contribution is -2.28. The van der Waals surface area contributed by atoms with Crippen LogP contribution in [0, 0.1) is 0 Å². The van der Waals surface area contributed by atoms with Gasteiger partial charge in [0.25, 0.3) is 0 Å². The molecule has 0 atom stereocenters. The standard InChI is InChI=1S/C15H13ClN2O3/c16-11-2-1-3-13(8-11)18(10-19)17-12-4-5-14-15(9-12)21-7-6-20-14/h1-5,8-10,17H,6-7H2. The molecule has 0 bridgehead atoms. The minimum absolute atomic E-state index is 0.516. The number of fused-ring (bicyclic) bond motifs is 1. The van der Waals surface area contributed by atoms with Gasteiger partial charge < -0.3 is 9.47 Å². The fraction of sp³-hybridized carbons (Fsp3) is 0.133. The Bertz CT molecular complexity index is 663. The first-order valence-corrected chi connectivity index (χ1v) is 6.80. The number of nitrogens with zero attached hydrogens (tertiary/aromatic N) is 1. The molecule has 1 aliphatic rings. The van der Waals surface area contributed by atoms with Crippen molar-refractivity contribution in [1.82, 2.24) is 0 Å². The number of amides is 1. The summed E-state index contributed by atoms with van der Waals surface area (Å²) < 4.78 is 11.0. The minimum Gasteiger partial charge on any atom is -0.486 e. The van der Waals surface area contributed by atoms with E-state index in [1.54, 1.807) is 36.4 Å². The zero-order chi connectivity index (χ0) is 14.7. The third kappa shape index (κ3) is 3.03. The quantitative estimate of drug-likeness (QED) is 0.696. The van der Waals surface area contributed by atoms with E-state index < -0.39 is 0 Å². The highest BCUT2D eigenvalue weighted by Crippen LogP contribution is 2.33. The fourth-order valence-electron chi connectivity index (χ4n) is 2.03. The molecular weight excluding hydrogens is 292 g/mol. The molecule has 2 aromatic rings. The van der Waals surface area contributed by atoms with Crippen molar-refractivity contribution in [1.29, 1.82) is 0 Å². The van der Waals surface area contributed by atoms with Crippen molar-refractivity contribution < 1.29 is 14.3 Å². The van der Waals surface area contributed by atoms with E-state index in [2.05, 4.69) is 5.43 Å². The van der Waals surface area contributed by atoms with Crippen LogP contribution in [0.3, 0.4) is 0 Å². The fourth-order valence-corrected chi connectivity index (χ4v) is 2.21. The molecule has 0 fully saturated rings. The average Bonchev–Trinajstić information content (AvgIpc) is 2.52. The second-order valence-electron chi connectivity index (χ2n) is 4.43. The molecule has 6 heteroatoms. The number of anilines is 2. The molecule has 0 saturated heterocycles. The maximum Gasteiger partial charge on any atom is 0.232 e. The maximum absolute atomic E-state index is 11.3. The summed E-state index contributed by atoms with van der Waals surface area (Å²) in [5, 5.41) is 1.90. The number of rotatable bonds is 4. The number of ether oxygens (including phenoxy) is 2. The van der Waals surface area contributed by atoms with Crippen molar-refractivity contribution in [3.63, 3.8) is 0 Å². The lowest BCUT2D eigenvalue weighted by atomic mass is 10.2. The van der Waals surface area contributed by atoms with Crippen LogP contribution in [-0.4, -0.2) is 19.6 Å². The van der Waals surface area contributed by atoms with E-state index in [1.165, 1.54) is 5.01 Å². The Labute approximate surface area is 127 Å². The summed E-state index contributed by atoms with van der Waals surface area (Å²) in [4.78, 5) is 11.3. The van der Waals surface area contributed by atoms with Crippen LogP contribution < -0.4 is 19.9 Å². The third-order valence-corrected chi connectivity index (χ3v) is 3.22. The zero-order valence-corrected chi connectivity index (χ0v) is 11.8. The van der Waals surface area contributed by atoms with E-state index in [0.29, 0.717) is 47.5 Å². The van der Waals surface area contributed by atoms with Gasteiger partial charge in [-0.05, 0) is 30.3 Å². The molecule has 2 aromatic carbocycles. The summed E-state index contributed by atoms with van der Waals surface area (Å²) in [7, 11) is 0. The summed E-state index contributed by atoms with van der Waals surface area (Å²) in [6.07, 6.45) is 0.683. The second kappa shape index (κ2) is 5.93. The van der Waals surface area contributed by atoms with Gasteiger partial charge in [0.05, 0.1) is 11.4 Å². The molecule has 1 heterocycles. The number of halogens is 1. The van der Waals surface area contributed by atoms with Crippen molar-refractivity contribution in [2.75, 3.05) is 23.6 Å². The van der Waals surface area contributed by atoms with Gasteiger partial charge in [-0.15, -0.1) is 0 Å². The molecule has 0 spiro atoms. The smallest absolute Gasteiger partial charge is 0.232 e. The highest BCUT2D eigenvalue weighted by molar-refractivity contribution is 6.30. The first kappa shape index (κ1) is 13.6. The SMILES string of the molecule is O=CN(Nc1ccc2c(c1)OCCO2)c1cccc(Cl)c1. The van der Waals surface area contributed by atoms with Gasteiger partial charge in [-0.1, -0.05) is 17.7 Å². The van der Waals surface area contributed by atoms with Crippen molar-refractivity contribution in [3.8, 4) is 11.5 Å². The molecule has 21 heavy (non-hydrogen) atoms. The van der Waals surface area contributed by atoms with E-state index >= 15 is 0 Å². The van der Waals surface area contributed by atoms with Gasteiger partial charge >= 0.3 is 0 Å². The van der Waals surface area contributed by atoms with Gasteiger partial charge in [0, 0.05) is 11.1 Å². The van der Waals surface area contributed by atoms with Crippen molar-refractivity contribution in [3.05, 3.63) is 47.5 Å². The van der Waals surface area contributed by atoms with Crippen LogP contribution in [0.2, 0.25) is 5.02 Å². The Hall–Kier alpha value is -2.40. The van der Waals surface area contributed by atoms with Gasteiger partial charge in [-0.2, -0.15) is 0 Å². The van der Waals surface area contributed by atoms with Gasteiger partial charge in [-0.25, -0.2) is 5.01 Å². The Balaban J connectivity index is 1.82. The Morgan fingerprint density at radius 2 is 1.90 bits per heavy atom. The molecule has 0 aliphatic carbocycles. The predicted molar refractivity (Wildman–Crippen MR) is 81.0 cm³/mol. The molecular formula is C15H13ClN2O3. The largest absolute Gasteiger partial charge is 0.486 e. The van der Waals surface area contributed by atoms with E-state index in [1.807, 2.05) is 6.07 Å². The molecule has 5 nitrogen and oxygen atoms in total. The van der Waals surface area contributed by atoms with Crippen molar-refractivity contribution in [2.45, 2.75) is 0 Å². The van der Waals surface area contributed by atoms with Gasteiger partial charge in [0.2, 0.25) is 6.41 Å². The van der Waals surface area contributed by atoms with Crippen LogP contribution in [0.25, 0.3) is 0 Å². The van der Waals surface area contributed by atoms with Gasteiger partial charge in [0.15, 0.2) is 11.5 Å². The Morgan fingerprint density at radius 3 is 2.67 bits per heavy atom. The van der Waals surface area contributed by atoms with E-state index in [4.69, 9.17) is 21.1 Å². The van der Waals surface area contributed by atoms with Crippen LogP contribution in [0.4, 0.5) is 11.4 Å². The van der Waals surface area contributed by atoms with Crippen LogP contribution in [0.5, 0.6) is 11.5 Å². The van der Waals surface area contributed by atoms with Crippen LogP contribution in [0.1, 0.15) is 0 Å². The minimum atomic E-state index is 0.516. The molecule has 0 radical (unpaired) electrons. The number of carbonyl (C=O) groups is 1. The van der Waals surface area contributed by atoms with E-state index in [0.717, 1.165) is 0 Å². The molecule has 1 N–H and O–H groups in total. The summed E-state index contributed by atoms with van der Waals surface area (Å²) >= 11 is 5.94. The second-order valence-corrected chi connectivity index (χ2v) is 4.86. The molecule has 108 valence electrons. The molecule has 0 saturated carbocycles. The highest BCUT2D eigenvalue weighted by Gasteiger charge is 2.13. The maximum atomic E-state index is 11.3. The third-order valence-electron chi connectivity index (χ3n) is 2.98. The Kier molecular flexibility index (Phi) is 3.83. The van der Waals surface area contributed by atoms with Gasteiger partial charge in [-0.3, -0.25) is 10.2 Å². The number of benzene rings is 2. The van der Waals surface area contributed by atoms with E-state index in [-0.39, 0.29) is 0 Å². The number of hydrazine groups is 1. The number of hydrogen-bond acceptors (Lipinski definition) is 4.